The molecule has 116 valence electrons. The van der Waals surface area contributed by atoms with E-state index in [0.29, 0.717) is 18.7 Å². The summed E-state index contributed by atoms with van der Waals surface area (Å²) in [6.07, 6.45) is 0. The fourth-order valence-corrected chi connectivity index (χ4v) is 2.42. The summed E-state index contributed by atoms with van der Waals surface area (Å²) in [5.41, 5.74) is 6.17. The number of benzene rings is 1. The number of hydrogen-bond donors (Lipinski definition) is 1. The Hall–Kier alpha value is -1.73. The van der Waals surface area contributed by atoms with Crippen LogP contribution in [0.3, 0.4) is 0 Å². The number of nitrogens with zero attached hydrogens (tertiary/aromatic N) is 2. The SMILES string of the molecule is CN1CCN(C(=O)c2ccc(OC(F)F)cc2)C(CN)C1. The van der Waals surface area contributed by atoms with Gasteiger partial charge in [0, 0.05) is 31.7 Å². The zero-order chi connectivity index (χ0) is 15.4. The monoisotopic (exact) mass is 299 g/mol. The van der Waals surface area contributed by atoms with Gasteiger partial charge in [0.1, 0.15) is 5.75 Å². The minimum absolute atomic E-state index is 0.0340. The van der Waals surface area contributed by atoms with E-state index in [0.717, 1.165) is 13.1 Å². The maximum Gasteiger partial charge on any atom is 0.387 e. The molecule has 0 aliphatic carbocycles. The van der Waals surface area contributed by atoms with Crippen LogP contribution in [0.5, 0.6) is 5.75 Å². The maximum absolute atomic E-state index is 12.5. The molecular weight excluding hydrogens is 280 g/mol. The number of piperazine rings is 1. The van der Waals surface area contributed by atoms with Crippen molar-refractivity contribution in [3.63, 3.8) is 0 Å². The zero-order valence-corrected chi connectivity index (χ0v) is 11.8. The molecule has 1 aromatic rings. The van der Waals surface area contributed by atoms with Crippen molar-refractivity contribution in [2.75, 3.05) is 33.2 Å². The predicted molar refractivity (Wildman–Crippen MR) is 74.4 cm³/mol. The smallest absolute Gasteiger partial charge is 0.387 e. The number of hydrogen-bond acceptors (Lipinski definition) is 4. The first-order chi connectivity index (χ1) is 10.0. The average molecular weight is 299 g/mol. The van der Waals surface area contributed by atoms with Crippen LogP contribution in [0.4, 0.5) is 8.78 Å². The zero-order valence-electron chi connectivity index (χ0n) is 11.8. The summed E-state index contributed by atoms with van der Waals surface area (Å²) in [6, 6.07) is 5.69. The summed E-state index contributed by atoms with van der Waals surface area (Å²) < 4.78 is 28.4. The number of halogens is 2. The molecule has 1 unspecified atom stereocenters. The summed E-state index contributed by atoms with van der Waals surface area (Å²) in [5, 5.41) is 0. The van der Waals surface area contributed by atoms with Gasteiger partial charge >= 0.3 is 6.61 Å². The minimum atomic E-state index is -2.87. The van der Waals surface area contributed by atoms with Crippen LogP contribution in [0, 0.1) is 0 Å². The van der Waals surface area contributed by atoms with Crippen molar-refractivity contribution in [2.24, 2.45) is 5.73 Å². The van der Waals surface area contributed by atoms with Crippen molar-refractivity contribution < 1.29 is 18.3 Å². The van der Waals surface area contributed by atoms with Gasteiger partial charge in [-0.1, -0.05) is 0 Å². The lowest BCUT2D eigenvalue weighted by atomic mass is 10.1. The number of carbonyl (C=O) groups excluding carboxylic acids is 1. The Morgan fingerprint density at radius 3 is 2.62 bits per heavy atom. The Morgan fingerprint density at radius 2 is 2.05 bits per heavy atom. The van der Waals surface area contributed by atoms with E-state index >= 15 is 0 Å². The normalized spacial score (nSPS) is 19.9. The van der Waals surface area contributed by atoms with Crippen LogP contribution < -0.4 is 10.5 Å². The number of likely N-dealkylation sites (N-methyl/N-ethyl adjacent to an activating group) is 1. The van der Waals surface area contributed by atoms with Gasteiger partial charge in [0.25, 0.3) is 5.91 Å². The fourth-order valence-electron chi connectivity index (χ4n) is 2.42. The molecule has 1 fully saturated rings. The second kappa shape index (κ2) is 6.82. The molecule has 1 aromatic carbocycles. The van der Waals surface area contributed by atoms with Crippen LogP contribution in [0.2, 0.25) is 0 Å². The third-order valence-electron chi connectivity index (χ3n) is 3.55. The van der Waals surface area contributed by atoms with E-state index in [1.54, 1.807) is 4.90 Å². The molecule has 1 saturated heterocycles. The van der Waals surface area contributed by atoms with E-state index < -0.39 is 6.61 Å². The summed E-state index contributed by atoms with van der Waals surface area (Å²) in [5.74, 6) is -0.0996. The number of carbonyl (C=O) groups is 1. The van der Waals surface area contributed by atoms with Gasteiger partial charge in [0.2, 0.25) is 0 Å². The topological polar surface area (TPSA) is 58.8 Å². The van der Waals surface area contributed by atoms with Gasteiger partial charge in [0.05, 0.1) is 6.04 Å². The highest BCUT2D eigenvalue weighted by atomic mass is 19.3. The Labute approximate surface area is 122 Å². The van der Waals surface area contributed by atoms with Gasteiger partial charge in [0.15, 0.2) is 0 Å². The summed E-state index contributed by atoms with van der Waals surface area (Å²) in [6.45, 7) is -0.357. The van der Waals surface area contributed by atoms with Crippen molar-refractivity contribution in [1.29, 1.82) is 0 Å². The molecule has 7 heteroatoms. The van der Waals surface area contributed by atoms with E-state index in [2.05, 4.69) is 9.64 Å². The van der Waals surface area contributed by atoms with Gasteiger partial charge < -0.3 is 20.3 Å². The molecule has 1 amide bonds. The summed E-state index contributed by atoms with van der Waals surface area (Å²) in [7, 11) is 1.99. The quantitative estimate of drug-likeness (QED) is 0.901. The maximum atomic E-state index is 12.5. The lowest BCUT2D eigenvalue weighted by molar-refractivity contribution is -0.0498. The number of amides is 1. The van der Waals surface area contributed by atoms with Gasteiger partial charge in [-0.25, -0.2) is 0 Å². The summed E-state index contributed by atoms with van der Waals surface area (Å²) >= 11 is 0. The first-order valence-electron chi connectivity index (χ1n) is 6.75. The molecule has 1 aliphatic heterocycles. The van der Waals surface area contributed by atoms with Gasteiger partial charge in [-0.05, 0) is 31.3 Å². The van der Waals surface area contributed by atoms with Crippen molar-refractivity contribution in [2.45, 2.75) is 12.7 Å². The number of rotatable bonds is 4. The van der Waals surface area contributed by atoms with Crippen LogP contribution in [0.15, 0.2) is 24.3 Å². The molecule has 2 N–H and O–H groups in total. The van der Waals surface area contributed by atoms with Crippen LogP contribution in [-0.2, 0) is 0 Å². The standard InChI is InChI=1S/C14H19F2N3O2/c1-18-6-7-19(11(8-17)9-18)13(20)10-2-4-12(5-3-10)21-14(15)16/h2-5,11,14H,6-9,17H2,1H3. The molecule has 2 rings (SSSR count). The van der Waals surface area contributed by atoms with Crippen molar-refractivity contribution in [3.8, 4) is 5.75 Å². The fraction of sp³-hybridized carbons (Fsp3) is 0.500. The first kappa shape index (κ1) is 15.7. The number of alkyl halides is 2. The van der Waals surface area contributed by atoms with E-state index in [-0.39, 0.29) is 17.7 Å². The predicted octanol–water partition coefficient (Wildman–Crippen LogP) is 1.00. The molecule has 0 aromatic heterocycles. The average Bonchev–Trinajstić information content (AvgIpc) is 2.46. The second-order valence-electron chi connectivity index (χ2n) is 5.05. The van der Waals surface area contributed by atoms with Gasteiger partial charge in [-0.15, -0.1) is 0 Å². The molecular formula is C14H19F2N3O2. The molecule has 21 heavy (non-hydrogen) atoms. The molecule has 1 heterocycles. The lowest BCUT2D eigenvalue weighted by Gasteiger charge is -2.39. The van der Waals surface area contributed by atoms with E-state index in [1.807, 2.05) is 7.05 Å². The number of nitrogens with two attached hydrogens (primary N) is 1. The molecule has 0 bridgehead atoms. The highest BCUT2D eigenvalue weighted by molar-refractivity contribution is 5.94. The van der Waals surface area contributed by atoms with Gasteiger partial charge in [-0.3, -0.25) is 4.79 Å². The lowest BCUT2D eigenvalue weighted by Crippen LogP contribution is -2.56. The Bertz CT molecular complexity index is 482. The highest BCUT2D eigenvalue weighted by Gasteiger charge is 2.28. The van der Waals surface area contributed by atoms with Crippen LogP contribution in [0.25, 0.3) is 0 Å². The first-order valence-corrected chi connectivity index (χ1v) is 6.75. The van der Waals surface area contributed by atoms with Gasteiger partial charge in [-0.2, -0.15) is 8.78 Å². The Balaban J connectivity index is 2.08. The molecule has 0 radical (unpaired) electrons. The highest BCUT2D eigenvalue weighted by Crippen LogP contribution is 2.18. The largest absolute Gasteiger partial charge is 0.435 e. The van der Waals surface area contributed by atoms with Crippen molar-refractivity contribution in [1.82, 2.24) is 9.80 Å². The van der Waals surface area contributed by atoms with Crippen LogP contribution in [-0.4, -0.2) is 61.6 Å². The van der Waals surface area contributed by atoms with E-state index in [4.69, 9.17) is 5.73 Å². The molecule has 5 nitrogen and oxygen atoms in total. The molecule has 0 saturated carbocycles. The second-order valence-corrected chi connectivity index (χ2v) is 5.05. The van der Waals surface area contributed by atoms with Crippen molar-refractivity contribution in [3.05, 3.63) is 29.8 Å². The summed E-state index contributed by atoms with van der Waals surface area (Å²) in [4.78, 5) is 16.3. The molecule has 0 spiro atoms. The van der Waals surface area contributed by atoms with Crippen LogP contribution in [0.1, 0.15) is 10.4 Å². The Kier molecular flexibility index (Phi) is 5.08. The number of ether oxygens (including phenoxy) is 1. The third kappa shape index (κ3) is 3.89. The molecule has 1 aliphatic rings. The Morgan fingerprint density at radius 1 is 1.38 bits per heavy atom. The van der Waals surface area contributed by atoms with E-state index in [1.165, 1.54) is 24.3 Å². The van der Waals surface area contributed by atoms with Crippen LogP contribution >= 0.6 is 0 Å². The minimum Gasteiger partial charge on any atom is -0.435 e. The van der Waals surface area contributed by atoms with Crippen molar-refractivity contribution >= 4 is 5.91 Å². The van der Waals surface area contributed by atoms with E-state index in [9.17, 15) is 13.6 Å². The molecule has 1 atom stereocenters. The third-order valence-corrected chi connectivity index (χ3v) is 3.55.